The fraction of sp³-hybridized carbons (Fsp3) is 0. The van der Waals surface area contributed by atoms with Crippen LogP contribution in [0.2, 0.25) is 5.02 Å². The van der Waals surface area contributed by atoms with Crippen molar-refractivity contribution in [1.82, 2.24) is 14.9 Å². The zero-order valence-corrected chi connectivity index (χ0v) is 12.8. The molecule has 0 aliphatic carbocycles. The Kier molecular flexibility index (Phi) is 4.04. The minimum absolute atomic E-state index is 0.172. The number of phenols is 1. The van der Waals surface area contributed by atoms with Gasteiger partial charge in [0.15, 0.2) is 5.82 Å². The highest BCUT2D eigenvalue weighted by Crippen LogP contribution is 2.25. The topological polar surface area (TPSA) is 66.2 Å². The second-order valence-electron chi connectivity index (χ2n) is 4.48. The average Bonchev–Trinajstić information content (AvgIpc) is 2.87. The third kappa shape index (κ3) is 2.93. The fourth-order valence-corrected chi connectivity index (χ4v) is 2.34. The maximum atomic E-state index is 9.47. The third-order valence-electron chi connectivity index (χ3n) is 2.96. The van der Waals surface area contributed by atoms with Crippen LogP contribution in [0.4, 0.5) is 0 Å². The molecule has 0 atom stereocenters. The molecule has 0 unspecified atom stereocenters. The van der Waals surface area contributed by atoms with Crippen LogP contribution in [0.15, 0.2) is 53.6 Å². The van der Waals surface area contributed by atoms with Gasteiger partial charge < -0.3 is 5.11 Å². The summed E-state index contributed by atoms with van der Waals surface area (Å²) in [6.45, 7) is 0. The molecule has 110 valence electrons. The van der Waals surface area contributed by atoms with Crippen molar-refractivity contribution in [2.45, 2.75) is 0 Å². The van der Waals surface area contributed by atoms with E-state index in [0.29, 0.717) is 15.6 Å². The van der Waals surface area contributed by atoms with Gasteiger partial charge in [-0.05, 0) is 42.0 Å². The van der Waals surface area contributed by atoms with Gasteiger partial charge in [-0.1, -0.05) is 35.9 Å². The largest absolute Gasteiger partial charge is 0.508 e. The fourth-order valence-electron chi connectivity index (χ4n) is 1.95. The Labute approximate surface area is 136 Å². The van der Waals surface area contributed by atoms with E-state index in [1.54, 1.807) is 30.5 Å². The van der Waals surface area contributed by atoms with Crippen LogP contribution in [0.1, 0.15) is 5.56 Å². The first kappa shape index (κ1) is 14.5. The Morgan fingerprint density at radius 3 is 2.82 bits per heavy atom. The van der Waals surface area contributed by atoms with Gasteiger partial charge in [0, 0.05) is 5.56 Å². The molecule has 5 nitrogen and oxygen atoms in total. The highest BCUT2D eigenvalue weighted by molar-refractivity contribution is 7.71. The first-order valence-electron chi connectivity index (χ1n) is 6.41. The molecule has 1 heterocycles. The molecule has 3 rings (SSSR count). The summed E-state index contributed by atoms with van der Waals surface area (Å²) in [6, 6.07) is 14.1. The van der Waals surface area contributed by atoms with E-state index in [-0.39, 0.29) is 5.75 Å². The maximum absolute atomic E-state index is 9.47. The number of phenolic OH excluding ortho intramolecular Hbond substituents is 1. The molecule has 7 heteroatoms. The van der Waals surface area contributed by atoms with E-state index in [0.717, 1.165) is 11.1 Å². The minimum atomic E-state index is 0.172. The smallest absolute Gasteiger partial charge is 0.216 e. The van der Waals surface area contributed by atoms with Crippen LogP contribution in [0.25, 0.3) is 11.4 Å². The number of aromatic amines is 1. The number of rotatable bonds is 3. The lowest BCUT2D eigenvalue weighted by Crippen LogP contribution is -1.95. The Bertz CT molecular complexity index is 900. The van der Waals surface area contributed by atoms with Gasteiger partial charge in [0.1, 0.15) is 5.75 Å². The van der Waals surface area contributed by atoms with Gasteiger partial charge in [-0.15, -0.1) is 0 Å². The predicted octanol–water partition coefficient (Wildman–Crippen LogP) is 3.85. The maximum Gasteiger partial charge on any atom is 0.216 e. The first-order chi connectivity index (χ1) is 10.6. The van der Waals surface area contributed by atoms with E-state index >= 15 is 0 Å². The molecule has 0 fully saturated rings. The van der Waals surface area contributed by atoms with Crippen molar-refractivity contribution < 1.29 is 5.11 Å². The van der Waals surface area contributed by atoms with E-state index in [1.165, 1.54) is 4.68 Å². The van der Waals surface area contributed by atoms with Gasteiger partial charge in [0.2, 0.25) is 4.77 Å². The Morgan fingerprint density at radius 2 is 2.05 bits per heavy atom. The van der Waals surface area contributed by atoms with Gasteiger partial charge in [-0.2, -0.15) is 14.9 Å². The van der Waals surface area contributed by atoms with Gasteiger partial charge in [-0.25, -0.2) is 5.10 Å². The molecular formula is C15H11ClN4OS. The van der Waals surface area contributed by atoms with Crippen LogP contribution in [0, 0.1) is 4.77 Å². The lowest BCUT2D eigenvalue weighted by molar-refractivity contribution is 0.475. The number of benzene rings is 2. The van der Waals surface area contributed by atoms with Crippen LogP contribution >= 0.6 is 23.8 Å². The van der Waals surface area contributed by atoms with Crippen molar-refractivity contribution in [1.29, 1.82) is 0 Å². The van der Waals surface area contributed by atoms with Crippen LogP contribution in [0.3, 0.4) is 0 Å². The minimum Gasteiger partial charge on any atom is -0.508 e. The number of nitrogens with zero attached hydrogens (tertiary/aromatic N) is 3. The molecule has 0 radical (unpaired) electrons. The number of H-pyrrole nitrogens is 1. The summed E-state index contributed by atoms with van der Waals surface area (Å²) in [6.07, 6.45) is 1.59. The van der Waals surface area contributed by atoms with Gasteiger partial charge in [-0.3, -0.25) is 0 Å². The molecule has 0 aliphatic rings. The highest BCUT2D eigenvalue weighted by atomic mass is 35.5. The monoisotopic (exact) mass is 330 g/mol. The number of halogens is 1. The van der Waals surface area contributed by atoms with Crippen molar-refractivity contribution in [3.63, 3.8) is 0 Å². The second-order valence-corrected chi connectivity index (χ2v) is 5.28. The van der Waals surface area contributed by atoms with Crippen LogP contribution in [0.5, 0.6) is 5.75 Å². The summed E-state index contributed by atoms with van der Waals surface area (Å²) in [4.78, 5) is 0. The molecule has 2 N–H and O–H groups in total. The average molecular weight is 331 g/mol. The molecule has 0 saturated carbocycles. The van der Waals surface area contributed by atoms with Crippen LogP contribution in [-0.2, 0) is 0 Å². The number of aromatic hydroxyl groups is 1. The molecule has 0 amide bonds. The van der Waals surface area contributed by atoms with Gasteiger partial charge in [0.05, 0.1) is 11.2 Å². The quantitative estimate of drug-likeness (QED) is 0.566. The number of nitrogens with one attached hydrogen (secondary N) is 1. The van der Waals surface area contributed by atoms with Crippen molar-refractivity contribution in [2.75, 3.05) is 0 Å². The van der Waals surface area contributed by atoms with Crippen molar-refractivity contribution in [3.8, 4) is 17.1 Å². The van der Waals surface area contributed by atoms with Crippen molar-refractivity contribution >= 4 is 30.0 Å². The number of hydrogen-bond acceptors (Lipinski definition) is 4. The van der Waals surface area contributed by atoms with Crippen LogP contribution in [-0.4, -0.2) is 26.2 Å². The molecule has 0 aliphatic heterocycles. The summed E-state index contributed by atoms with van der Waals surface area (Å²) in [5, 5.41) is 21.2. The Morgan fingerprint density at radius 1 is 1.23 bits per heavy atom. The third-order valence-corrected chi connectivity index (χ3v) is 3.55. The summed E-state index contributed by atoms with van der Waals surface area (Å²) >= 11 is 11.4. The Hall–Kier alpha value is -2.44. The standard InChI is InChI=1S/C15H11ClN4OS/c16-13-7-2-1-6-12(13)14-18-19-15(22)20(14)17-9-10-4-3-5-11(21)8-10/h1-9,21H,(H,19,22). The molecule has 0 saturated heterocycles. The molecule has 0 spiro atoms. The molecular weight excluding hydrogens is 320 g/mol. The van der Waals surface area contributed by atoms with E-state index in [4.69, 9.17) is 23.8 Å². The van der Waals surface area contributed by atoms with Crippen molar-refractivity contribution in [2.24, 2.45) is 5.10 Å². The molecule has 2 aromatic carbocycles. The first-order valence-corrected chi connectivity index (χ1v) is 7.19. The normalized spacial score (nSPS) is 11.1. The summed E-state index contributed by atoms with van der Waals surface area (Å²) in [5.41, 5.74) is 1.47. The van der Waals surface area contributed by atoms with Gasteiger partial charge >= 0.3 is 0 Å². The molecule has 3 aromatic rings. The summed E-state index contributed by atoms with van der Waals surface area (Å²) in [5.74, 6) is 0.693. The zero-order chi connectivity index (χ0) is 15.5. The molecule has 22 heavy (non-hydrogen) atoms. The lowest BCUT2D eigenvalue weighted by atomic mass is 10.2. The summed E-state index contributed by atoms with van der Waals surface area (Å²) in [7, 11) is 0. The zero-order valence-electron chi connectivity index (χ0n) is 11.3. The molecule has 0 bridgehead atoms. The number of aromatic nitrogens is 3. The van der Waals surface area contributed by atoms with Gasteiger partial charge in [0.25, 0.3) is 0 Å². The van der Waals surface area contributed by atoms with E-state index in [9.17, 15) is 5.11 Å². The SMILES string of the molecule is Oc1cccc(C=Nn2c(-c3ccccc3Cl)n[nH]c2=S)c1. The van der Waals surface area contributed by atoms with E-state index < -0.39 is 0 Å². The Balaban J connectivity index is 2.04. The number of hydrogen-bond donors (Lipinski definition) is 2. The lowest BCUT2D eigenvalue weighted by Gasteiger charge is -2.03. The second kappa shape index (κ2) is 6.13. The van der Waals surface area contributed by atoms with E-state index in [2.05, 4.69) is 15.3 Å². The van der Waals surface area contributed by atoms with E-state index in [1.807, 2.05) is 24.3 Å². The highest BCUT2D eigenvalue weighted by Gasteiger charge is 2.11. The predicted molar refractivity (Wildman–Crippen MR) is 89.0 cm³/mol. The summed E-state index contributed by atoms with van der Waals surface area (Å²) < 4.78 is 1.84. The van der Waals surface area contributed by atoms with Crippen LogP contribution < -0.4 is 0 Å². The molecule has 1 aromatic heterocycles. The van der Waals surface area contributed by atoms with Crippen molar-refractivity contribution in [3.05, 3.63) is 63.9 Å².